The Morgan fingerprint density at radius 1 is 0.968 bits per heavy atom. The van der Waals surface area contributed by atoms with Crippen LogP contribution in [-0.4, -0.2) is 46.2 Å². The van der Waals surface area contributed by atoms with E-state index in [1.165, 1.54) is 0 Å². The molecule has 0 spiro atoms. The van der Waals surface area contributed by atoms with Gasteiger partial charge in [0.2, 0.25) is 0 Å². The summed E-state index contributed by atoms with van der Waals surface area (Å²) in [6.07, 6.45) is 0. The van der Waals surface area contributed by atoms with Crippen molar-refractivity contribution in [2.24, 2.45) is 5.41 Å². The molecular formula is C22H27ClN2O6. The Kier molecular flexibility index (Phi) is 8.16. The number of halogens is 1. The number of nitrogens with one attached hydrogen (secondary N) is 1. The van der Waals surface area contributed by atoms with Gasteiger partial charge in [-0.3, -0.25) is 24.8 Å². The largest absolute Gasteiger partial charge is 0.478 e. The van der Waals surface area contributed by atoms with Crippen LogP contribution in [0.15, 0.2) is 48.5 Å². The van der Waals surface area contributed by atoms with Gasteiger partial charge in [-0.1, -0.05) is 25.4 Å². The van der Waals surface area contributed by atoms with Crippen LogP contribution in [0.25, 0.3) is 0 Å². The molecule has 8 nitrogen and oxygen atoms in total. The first kappa shape index (κ1) is 24.8. The van der Waals surface area contributed by atoms with Gasteiger partial charge in [0.1, 0.15) is 5.75 Å². The van der Waals surface area contributed by atoms with E-state index in [-0.39, 0.29) is 30.2 Å². The summed E-state index contributed by atoms with van der Waals surface area (Å²) in [6.45, 7) is 7.04. The van der Waals surface area contributed by atoms with Gasteiger partial charge in [0.25, 0.3) is 5.91 Å². The van der Waals surface area contributed by atoms with Gasteiger partial charge in [0.15, 0.2) is 11.4 Å². The summed E-state index contributed by atoms with van der Waals surface area (Å²) in [4.78, 5) is 29.8. The highest BCUT2D eigenvalue weighted by Crippen LogP contribution is 2.22. The first-order valence-corrected chi connectivity index (χ1v) is 9.96. The Balaban J connectivity index is 1.96. The van der Waals surface area contributed by atoms with E-state index in [4.69, 9.17) is 26.8 Å². The molecule has 0 heterocycles. The number of ether oxygens (including phenoxy) is 1. The van der Waals surface area contributed by atoms with Crippen LogP contribution in [0.1, 0.15) is 43.6 Å². The van der Waals surface area contributed by atoms with Gasteiger partial charge >= 0.3 is 0 Å². The minimum atomic E-state index is -1.18. The van der Waals surface area contributed by atoms with Gasteiger partial charge in [-0.15, -0.1) is 0 Å². The molecule has 0 radical (unpaired) electrons. The molecule has 0 unspecified atom stereocenters. The van der Waals surface area contributed by atoms with E-state index in [9.17, 15) is 9.59 Å². The summed E-state index contributed by atoms with van der Waals surface area (Å²) < 4.78 is 5.82. The van der Waals surface area contributed by atoms with E-state index in [2.05, 4.69) is 10.2 Å². The molecule has 0 aliphatic carbocycles. The van der Waals surface area contributed by atoms with Crippen molar-refractivity contribution in [1.29, 1.82) is 0 Å². The van der Waals surface area contributed by atoms with Crippen LogP contribution in [0.5, 0.6) is 5.75 Å². The summed E-state index contributed by atoms with van der Waals surface area (Å²) in [5, 5.41) is 20.3. The molecule has 168 valence electrons. The fourth-order valence-corrected chi connectivity index (χ4v) is 2.73. The van der Waals surface area contributed by atoms with Crippen LogP contribution in [0, 0.1) is 5.41 Å². The lowest BCUT2D eigenvalue weighted by atomic mass is 9.94. The van der Waals surface area contributed by atoms with Crippen molar-refractivity contribution in [2.75, 3.05) is 13.2 Å². The molecule has 2 aromatic rings. The SMILES string of the molecule is CC(C)(CNC(=O)C(C)(C)Oc1ccc(C(=O)c2ccc(Cl)cc2)cc1)CON(O)O. The monoisotopic (exact) mass is 450 g/mol. The van der Waals surface area contributed by atoms with Crippen LogP contribution >= 0.6 is 11.6 Å². The van der Waals surface area contributed by atoms with Crippen LogP contribution < -0.4 is 10.1 Å². The van der Waals surface area contributed by atoms with Crippen molar-refractivity contribution in [1.82, 2.24) is 10.7 Å². The maximum absolute atomic E-state index is 12.6. The molecule has 0 saturated heterocycles. The molecule has 3 N–H and O–H groups in total. The Morgan fingerprint density at radius 2 is 1.48 bits per heavy atom. The van der Waals surface area contributed by atoms with Crippen LogP contribution in [0.4, 0.5) is 0 Å². The van der Waals surface area contributed by atoms with Crippen molar-refractivity contribution in [3.8, 4) is 5.75 Å². The summed E-state index contributed by atoms with van der Waals surface area (Å²) in [7, 11) is 0. The molecule has 0 saturated carbocycles. The molecule has 9 heteroatoms. The Morgan fingerprint density at radius 3 is 2.00 bits per heavy atom. The molecule has 0 aliphatic rings. The average Bonchev–Trinajstić information content (AvgIpc) is 2.71. The Hall–Kier alpha value is -2.49. The van der Waals surface area contributed by atoms with Gasteiger partial charge in [-0.2, -0.15) is 0 Å². The maximum atomic E-state index is 12.6. The fraction of sp³-hybridized carbons (Fsp3) is 0.364. The molecule has 0 fully saturated rings. The second kappa shape index (κ2) is 10.2. The second-order valence-electron chi connectivity index (χ2n) is 8.35. The summed E-state index contributed by atoms with van der Waals surface area (Å²) in [5.74, 6) is -0.0626. The number of carbonyl (C=O) groups excluding carboxylic acids is 2. The third-order valence-electron chi connectivity index (χ3n) is 4.44. The highest BCUT2D eigenvalue weighted by Gasteiger charge is 2.31. The Labute approximate surface area is 186 Å². The lowest BCUT2D eigenvalue weighted by Crippen LogP contribution is -2.49. The highest BCUT2D eigenvalue weighted by molar-refractivity contribution is 6.30. The lowest BCUT2D eigenvalue weighted by Gasteiger charge is -2.29. The quantitative estimate of drug-likeness (QED) is 0.372. The third kappa shape index (κ3) is 7.61. The molecule has 0 atom stereocenters. The second-order valence-corrected chi connectivity index (χ2v) is 8.78. The predicted molar refractivity (Wildman–Crippen MR) is 114 cm³/mol. The standard InChI is InChI=1S/C22H27ClN2O6/c1-21(2,14-30-25(28)29)13-24-20(27)22(3,4)31-18-11-7-16(8-12-18)19(26)15-5-9-17(23)10-6-15/h5-12,28-29H,13-14H2,1-4H3,(H,24,27). The van der Waals surface area contributed by atoms with Gasteiger partial charge in [-0.05, 0) is 62.4 Å². The number of carbonyl (C=O) groups is 2. The fourth-order valence-electron chi connectivity index (χ4n) is 2.60. The summed E-state index contributed by atoms with van der Waals surface area (Å²) in [6, 6.07) is 13.2. The first-order valence-electron chi connectivity index (χ1n) is 9.58. The van der Waals surface area contributed by atoms with E-state index >= 15 is 0 Å². The van der Waals surface area contributed by atoms with Gasteiger partial charge in [-0.25, -0.2) is 0 Å². The molecule has 2 aromatic carbocycles. The molecule has 0 aromatic heterocycles. The molecule has 0 aliphatic heterocycles. The smallest absolute Gasteiger partial charge is 0.263 e. The first-order chi connectivity index (χ1) is 14.4. The van der Waals surface area contributed by atoms with Crippen LogP contribution in [0.3, 0.4) is 0 Å². The number of hydrogen-bond acceptors (Lipinski definition) is 7. The lowest BCUT2D eigenvalue weighted by molar-refractivity contribution is -0.496. The zero-order chi connectivity index (χ0) is 23.2. The number of hydrogen-bond donors (Lipinski definition) is 3. The van der Waals surface area contributed by atoms with Crippen LogP contribution in [0.2, 0.25) is 5.02 Å². The number of rotatable bonds is 10. The number of ketones is 1. The van der Waals surface area contributed by atoms with E-state index in [1.807, 2.05) is 0 Å². The molecule has 2 rings (SSSR count). The van der Waals surface area contributed by atoms with Crippen molar-refractivity contribution >= 4 is 23.3 Å². The molecule has 1 amide bonds. The predicted octanol–water partition coefficient (Wildman–Crippen LogP) is 3.88. The zero-order valence-corrected chi connectivity index (χ0v) is 18.6. The van der Waals surface area contributed by atoms with Crippen molar-refractivity contribution in [3.63, 3.8) is 0 Å². The summed E-state index contributed by atoms with van der Waals surface area (Å²) in [5.41, 5.74) is -0.729. The number of benzene rings is 2. The van der Waals surface area contributed by atoms with E-state index in [0.29, 0.717) is 21.9 Å². The van der Waals surface area contributed by atoms with Crippen molar-refractivity contribution in [3.05, 3.63) is 64.7 Å². The minimum absolute atomic E-state index is 0.0231. The molecule has 31 heavy (non-hydrogen) atoms. The van der Waals surface area contributed by atoms with Gasteiger partial charge in [0, 0.05) is 28.1 Å². The van der Waals surface area contributed by atoms with Gasteiger partial charge in [0.05, 0.1) is 12.0 Å². The minimum Gasteiger partial charge on any atom is -0.478 e. The van der Waals surface area contributed by atoms with Crippen LogP contribution in [-0.2, 0) is 9.63 Å². The van der Waals surface area contributed by atoms with Crippen molar-refractivity contribution in [2.45, 2.75) is 33.3 Å². The molecule has 0 bridgehead atoms. The Bertz CT molecular complexity index is 895. The zero-order valence-electron chi connectivity index (χ0n) is 17.9. The number of amides is 1. The normalized spacial score (nSPS) is 12.0. The van der Waals surface area contributed by atoms with E-state index in [1.54, 1.807) is 76.2 Å². The highest BCUT2D eigenvalue weighted by atomic mass is 35.5. The van der Waals surface area contributed by atoms with Crippen molar-refractivity contribution < 1.29 is 29.6 Å². The maximum Gasteiger partial charge on any atom is 0.263 e. The topological polar surface area (TPSA) is 108 Å². The van der Waals surface area contributed by atoms with Gasteiger partial charge < -0.3 is 10.1 Å². The average molecular weight is 451 g/mol. The van der Waals surface area contributed by atoms with E-state index < -0.39 is 11.0 Å². The number of nitrogens with zero attached hydrogens (tertiary/aromatic N) is 1. The molecular weight excluding hydrogens is 424 g/mol. The third-order valence-corrected chi connectivity index (χ3v) is 4.69. The van der Waals surface area contributed by atoms with E-state index in [0.717, 1.165) is 0 Å². The summed E-state index contributed by atoms with van der Waals surface area (Å²) >= 11 is 5.86.